The van der Waals surface area contributed by atoms with E-state index in [0.29, 0.717) is 17.9 Å². The summed E-state index contributed by atoms with van der Waals surface area (Å²) in [6.07, 6.45) is 0.874. The third-order valence-corrected chi connectivity index (χ3v) is 5.78. The molecule has 0 aromatic heterocycles. The van der Waals surface area contributed by atoms with Crippen molar-refractivity contribution in [3.8, 4) is 11.8 Å². The number of rotatable bonds is 8. The van der Waals surface area contributed by atoms with Gasteiger partial charge in [-0.2, -0.15) is 5.26 Å². The lowest BCUT2D eigenvalue weighted by Crippen LogP contribution is -2.29. The van der Waals surface area contributed by atoms with Crippen LogP contribution in [0, 0.1) is 11.3 Å². The Hall–Kier alpha value is -3.50. The van der Waals surface area contributed by atoms with Crippen LogP contribution in [0.25, 0.3) is 5.57 Å². The second-order valence-electron chi connectivity index (χ2n) is 7.14. The van der Waals surface area contributed by atoms with Gasteiger partial charge in [-0.15, -0.1) is 0 Å². The first-order valence-electron chi connectivity index (χ1n) is 10.3. The largest absolute Gasteiger partial charge is 0.494 e. The monoisotopic (exact) mass is 448 g/mol. The third-order valence-electron chi connectivity index (χ3n) is 4.63. The minimum absolute atomic E-state index is 0.00197. The predicted octanol–water partition coefficient (Wildman–Crippen LogP) is 4.50. The molecule has 32 heavy (non-hydrogen) atoms. The van der Waals surface area contributed by atoms with Crippen LogP contribution in [0.1, 0.15) is 31.4 Å². The molecular formula is C25H24N2O4S. The Balaban J connectivity index is 1.95. The topological polar surface area (TPSA) is 88.4 Å². The molecule has 164 valence electrons. The molecule has 0 atom stereocenters. The Labute approximate surface area is 191 Å². The molecule has 3 rings (SSSR count). The lowest BCUT2D eigenvalue weighted by molar-refractivity contribution is -0.139. The number of amides is 1. The number of nitriles is 1. The Morgan fingerprint density at radius 1 is 1.12 bits per heavy atom. The van der Waals surface area contributed by atoms with Crippen LogP contribution in [0.15, 0.2) is 70.0 Å². The van der Waals surface area contributed by atoms with E-state index in [-0.39, 0.29) is 24.3 Å². The molecule has 0 aliphatic carbocycles. The molecule has 0 fully saturated rings. The molecule has 6 nitrogen and oxygen atoms in total. The predicted molar refractivity (Wildman–Crippen MR) is 123 cm³/mol. The van der Waals surface area contributed by atoms with Gasteiger partial charge in [0.2, 0.25) is 0 Å². The van der Waals surface area contributed by atoms with Gasteiger partial charge in [0.05, 0.1) is 13.2 Å². The quantitative estimate of drug-likeness (QED) is 0.236. The molecule has 0 unspecified atom stereocenters. The Bertz CT molecular complexity index is 1130. The molecule has 1 N–H and O–H groups in total. The second kappa shape index (κ2) is 10.7. The molecule has 1 amide bonds. The highest BCUT2D eigenvalue weighted by molar-refractivity contribution is 7.99. The van der Waals surface area contributed by atoms with Crippen molar-refractivity contribution in [3.05, 3.63) is 71.3 Å². The Morgan fingerprint density at radius 2 is 1.88 bits per heavy atom. The average molecular weight is 449 g/mol. The summed E-state index contributed by atoms with van der Waals surface area (Å²) in [6.45, 7) is 7.75. The van der Waals surface area contributed by atoms with E-state index in [1.165, 1.54) is 0 Å². The second-order valence-corrected chi connectivity index (χ2v) is 8.22. The van der Waals surface area contributed by atoms with Gasteiger partial charge >= 0.3 is 5.97 Å². The van der Waals surface area contributed by atoms with E-state index in [9.17, 15) is 14.9 Å². The van der Waals surface area contributed by atoms with Crippen LogP contribution in [-0.2, 0) is 14.3 Å². The fraction of sp³-hybridized carbons (Fsp3) is 0.240. The van der Waals surface area contributed by atoms with E-state index < -0.39 is 11.9 Å². The normalized spacial score (nSPS) is 13.2. The van der Waals surface area contributed by atoms with Crippen LogP contribution in [0.4, 0.5) is 0 Å². The molecule has 0 bridgehead atoms. The van der Waals surface area contributed by atoms with Gasteiger partial charge < -0.3 is 14.8 Å². The number of carbonyl (C=O) groups is 2. The summed E-state index contributed by atoms with van der Waals surface area (Å²) >= 11 is 1.59. The van der Waals surface area contributed by atoms with Gasteiger partial charge in [-0.3, -0.25) is 4.79 Å². The number of fused-ring (bicyclic) bond motifs is 2. The first-order valence-corrected chi connectivity index (χ1v) is 11.1. The zero-order chi connectivity index (χ0) is 23.1. The van der Waals surface area contributed by atoms with Gasteiger partial charge in [-0.05, 0) is 43.2 Å². The molecule has 0 spiro atoms. The highest BCUT2D eigenvalue weighted by atomic mass is 32.2. The molecule has 0 saturated carbocycles. The molecular weight excluding hydrogens is 424 g/mol. The van der Waals surface area contributed by atoms with Crippen LogP contribution in [0.2, 0.25) is 0 Å². The van der Waals surface area contributed by atoms with Crippen molar-refractivity contribution >= 4 is 29.2 Å². The smallest absolute Gasteiger partial charge is 0.333 e. The summed E-state index contributed by atoms with van der Waals surface area (Å²) in [6, 6.07) is 15.5. The fourth-order valence-corrected chi connectivity index (χ4v) is 4.21. The summed E-state index contributed by atoms with van der Waals surface area (Å²) in [5, 5.41) is 12.6. The van der Waals surface area contributed by atoms with E-state index in [4.69, 9.17) is 9.47 Å². The van der Waals surface area contributed by atoms with E-state index in [1.54, 1.807) is 18.7 Å². The molecule has 0 saturated heterocycles. The highest BCUT2D eigenvalue weighted by Gasteiger charge is 2.27. The van der Waals surface area contributed by atoms with Crippen molar-refractivity contribution < 1.29 is 19.1 Å². The SMILES string of the molecule is C=C(C)C(=O)OCCNC(=O)C(C#N)=C1c2ccccc2Sc2ccc(OCCC)cc21. The van der Waals surface area contributed by atoms with Crippen molar-refractivity contribution in [1.29, 1.82) is 5.26 Å². The van der Waals surface area contributed by atoms with Crippen LogP contribution in [0.3, 0.4) is 0 Å². The van der Waals surface area contributed by atoms with Crippen LogP contribution in [-0.4, -0.2) is 31.6 Å². The maximum absolute atomic E-state index is 12.9. The molecule has 2 aromatic carbocycles. The third kappa shape index (κ3) is 5.21. The zero-order valence-corrected chi connectivity index (χ0v) is 18.9. The first-order chi connectivity index (χ1) is 15.5. The lowest BCUT2D eigenvalue weighted by atomic mass is 9.92. The number of esters is 1. The zero-order valence-electron chi connectivity index (χ0n) is 18.1. The number of nitrogens with one attached hydrogen (secondary N) is 1. The standard InChI is InChI=1S/C25H24N2O4S/c1-4-12-30-17-9-10-22-19(14-17)23(18-7-5-6-8-21(18)32-22)20(15-26)24(28)27-11-13-31-25(29)16(2)3/h5-10,14H,2,4,11-13H2,1,3H3,(H,27,28). The van der Waals surface area contributed by atoms with Crippen LogP contribution < -0.4 is 10.1 Å². The van der Waals surface area contributed by atoms with Crippen molar-refractivity contribution in [2.24, 2.45) is 0 Å². The minimum Gasteiger partial charge on any atom is -0.494 e. The number of nitrogens with zero attached hydrogens (tertiary/aromatic N) is 1. The molecule has 1 heterocycles. The molecule has 1 aliphatic heterocycles. The maximum Gasteiger partial charge on any atom is 0.333 e. The van der Waals surface area contributed by atoms with Crippen LogP contribution >= 0.6 is 11.8 Å². The average Bonchev–Trinajstić information content (AvgIpc) is 2.80. The van der Waals surface area contributed by atoms with Gasteiger partial charge in [0.25, 0.3) is 5.91 Å². The summed E-state index contributed by atoms with van der Waals surface area (Å²) < 4.78 is 10.8. The molecule has 1 aliphatic rings. The van der Waals surface area contributed by atoms with Gasteiger partial charge in [0.1, 0.15) is 24.0 Å². The van der Waals surface area contributed by atoms with Crippen molar-refractivity contribution in [1.82, 2.24) is 5.32 Å². The van der Waals surface area contributed by atoms with Crippen molar-refractivity contribution in [2.45, 2.75) is 30.1 Å². The van der Waals surface area contributed by atoms with Gasteiger partial charge in [0, 0.05) is 26.5 Å². The minimum atomic E-state index is -0.526. The molecule has 0 radical (unpaired) electrons. The summed E-state index contributed by atoms with van der Waals surface area (Å²) in [5.41, 5.74) is 2.44. The Morgan fingerprint density at radius 3 is 2.59 bits per heavy atom. The van der Waals surface area contributed by atoms with Crippen LogP contribution in [0.5, 0.6) is 5.75 Å². The van der Waals surface area contributed by atoms with Crippen molar-refractivity contribution in [3.63, 3.8) is 0 Å². The van der Waals surface area contributed by atoms with E-state index >= 15 is 0 Å². The number of carbonyl (C=O) groups excluding carboxylic acids is 2. The number of benzene rings is 2. The van der Waals surface area contributed by atoms with E-state index in [1.807, 2.05) is 49.4 Å². The van der Waals surface area contributed by atoms with Gasteiger partial charge in [-0.25, -0.2) is 4.79 Å². The maximum atomic E-state index is 12.9. The number of hydrogen-bond donors (Lipinski definition) is 1. The summed E-state index contributed by atoms with van der Waals surface area (Å²) in [4.78, 5) is 26.3. The van der Waals surface area contributed by atoms with E-state index in [0.717, 1.165) is 27.3 Å². The van der Waals surface area contributed by atoms with Gasteiger partial charge in [0.15, 0.2) is 0 Å². The lowest BCUT2D eigenvalue weighted by Gasteiger charge is -2.23. The fourth-order valence-electron chi connectivity index (χ4n) is 3.14. The van der Waals surface area contributed by atoms with Crippen molar-refractivity contribution in [2.75, 3.05) is 19.8 Å². The highest BCUT2D eigenvalue weighted by Crippen LogP contribution is 2.47. The first kappa shape index (κ1) is 23.2. The van der Waals surface area contributed by atoms with Gasteiger partial charge in [-0.1, -0.05) is 43.5 Å². The number of ether oxygens (including phenoxy) is 2. The molecule has 2 aromatic rings. The number of hydrogen-bond acceptors (Lipinski definition) is 6. The summed E-state index contributed by atoms with van der Waals surface area (Å²) in [7, 11) is 0. The molecule has 7 heteroatoms. The Kier molecular flexibility index (Phi) is 7.74. The van der Waals surface area contributed by atoms with E-state index in [2.05, 4.69) is 18.0 Å². The summed E-state index contributed by atoms with van der Waals surface area (Å²) in [5.74, 6) is -0.362.